The summed E-state index contributed by atoms with van der Waals surface area (Å²) >= 11 is 5.24. The minimum Gasteiger partial charge on any atom is -0.352 e. The predicted octanol–water partition coefficient (Wildman–Crippen LogP) is 2.93. The average Bonchev–Trinajstić information content (AvgIpc) is 3.12. The minimum atomic E-state index is -0.312. The van der Waals surface area contributed by atoms with Crippen molar-refractivity contribution in [3.8, 4) is 0 Å². The molecular formula is C17H21BrFN3O2S. The lowest BCUT2D eigenvalue weighted by Crippen LogP contribution is -2.36. The van der Waals surface area contributed by atoms with Crippen LogP contribution in [0.2, 0.25) is 0 Å². The number of carbonyl (C=O) groups excluding carboxylic acids is 2. The molecule has 1 aromatic rings. The van der Waals surface area contributed by atoms with Gasteiger partial charge in [0.25, 0.3) is 0 Å². The number of hydrogen-bond acceptors (Lipinski definition) is 3. The van der Waals surface area contributed by atoms with Crippen LogP contribution in [-0.2, 0) is 11.3 Å². The summed E-state index contributed by atoms with van der Waals surface area (Å²) in [7, 11) is 0. The van der Waals surface area contributed by atoms with Crippen LogP contribution in [0.15, 0.2) is 22.7 Å². The number of unbranched alkanes of at least 4 members (excludes halogenated alkanes) is 1. The first-order valence-electron chi connectivity index (χ1n) is 8.42. The van der Waals surface area contributed by atoms with E-state index in [1.54, 1.807) is 6.07 Å². The lowest BCUT2D eigenvalue weighted by molar-refractivity contribution is -0.121. The van der Waals surface area contributed by atoms with Crippen LogP contribution in [0.1, 0.15) is 31.2 Å². The van der Waals surface area contributed by atoms with Gasteiger partial charge in [-0.2, -0.15) is 11.8 Å². The monoisotopic (exact) mass is 429 g/mol. The van der Waals surface area contributed by atoms with Crippen LogP contribution in [0.4, 0.5) is 9.18 Å². The van der Waals surface area contributed by atoms with E-state index in [2.05, 4.69) is 31.9 Å². The number of rotatable bonds is 7. The number of carbonyl (C=O) groups is 2. The van der Waals surface area contributed by atoms with Gasteiger partial charge in [0.1, 0.15) is 5.82 Å². The van der Waals surface area contributed by atoms with Gasteiger partial charge in [0.15, 0.2) is 0 Å². The zero-order chi connectivity index (χ0) is 17.8. The maximum Gasteiger partial charge on any atom is 0.315 e. The summed E-state index contributed by atoms with van der Waals surface area (Å²) < 4.78 is 14.0. The second-order valence-corrected chi connectivity index (χ2v) is 8.51. The number of urea groups is 1. The standard InChI is InChI=1S/C17H21BrFN3O2S/c18-12-6-5-11(19)7-10(12)8-20-15(23)4-2-1-3-14-16-13(9-25-14)21-17(24)22-16/h5-7,13-14,16H,1-4,8-9H2,(H,20,23)(H2,21,22,24)/t13-,14+,16+/m1/s1. The molecule has 2 fully saturated rings. The fourth-order valence-electron chi connectivity index (χ4n) is 3.24. The van der Waals surface area contributed by atoms with Crippen LogP contribution < -0.4 is 16.0 Å². The second kappa shape index (κ2) is 8.40. The topological polar surface area (TPSA) is 70.2 Å². The van der Waals surface area contributed by atoms with Gasteiger partial charge >= 0.3 is 6.03 Å². The predicted molar refractivity (Wildman–Crippen MR) is 99.9 cm³/mol. The molecule has 3 atom stereocenters. The van der Waals surface area contributed by atoms with Gasteiger partial charge in [-0.05, 0) is 36.6 Å². The van der Waals surface area contributed by atoms with Crippen molar-refractivity contribution in [1.82, 2.24) is 16.0 Å². The molecule has 0 aromatic heterocycles. The van der Waals surface area contributed by atoms with Gasteiger partial charge in [0, 0.05) is 28.4 Å². The first-order valence-corrected chi connectivity index (χ1v) is 10.3. The van der Waals surface area contributed by atoms with E-state index in [9.17, 15) is 14.0 Å². The normalized spacial score (nSPS) is 24.6. The molecule has 25 heavy (non-hydrogen) atoms. The van der Waals surface area contributed by atoms with E-state index in [1.807, 2.05) is 11.8 Å². The maximum atomic E-state index is 13.2. The smallest absolute Gasteiger partial charge is 0.315 e. The molecule has 0 saturated carbocycles. The number of amides is 3. The Bertz CT molecular complexity index is 661. The van der Waals surface area contributed by atoms with E-state index >= 15 is 0 Å². The molecule has 2 saturated heterocycles. The highest BCUT2D eigenvalue weighted by Crippen LogP contribution is 2.33. The number of benzene rings is 1. The van der Waals surface area contributed by atoms with Crippen molar-refractivity contribution in [3.05, 3.63) is 34.1 Å². The second-order valence-electron chi connectivity index (χ2n) is 6.38. The van der Waals surface area contributed by atoms with Gasteiger partial charge < -0.3 is 16.0 Å². The van der Waals surface area contributed by atoms with Gasteiger partial charge in [-0.1, -0.05) is 22.4 Å². The van der Waals surface area contributed by atoms with Crippen molar-refractivity contribution in [2.45, 2.75) is 49.6 Å². The van der Waals surface area contributed by atoms with Crippen molar-refractivity contribution in [2.24, 2.45) is 0 Å². The first-order chi connectivity index (χ1) is 12.0. The Morgan fingerprint density at radius 1 is 1.36 bits per heavy atom. The van der Waals surface area contributed by atoms with Crippen molar-refractivity contribution < 1.29 is 14.0 Å². The largest absolute Gasteiger partial charge is 0.352 e. The summed E-state index contributed by atoms with van der Waals surface area (Å²) in [4.78, 5) is 23.3. The summed E-state index contributed by atoms with van der Waals surface area (Å²) in [5, 5.41) is 9.16. The molecule has 1 aromatic carbocycles. The summed E-state index contributed by atoms with van der Waals surface area (Å²) in [5.41, 5.74) is 0.728. The van der Waals surface area contributed by atoms with Gasteiger partial charge in [0.05, 0.1) is 12.1 Å². The molecular weight excluding hydrogens is 409 g/mol. The van der Waals surface area contributed by atoms with E-state index in [4.69, 9.17) is 0 Å². The SMILES string of the molecule is O=C(CCCC[C@@H]1SC[C@H]2NC(=O)N[C@H]12)NCc1cc(F)ccc1Br. The maximum absolute atomic E-state index is 13.2. The molecule has 0 bridgehead atoms. The Kier molecular flexibility index (Phi) is 6.22. The van der Waals surface area contributed by atoms with Crippen LogP contribution in [0, 0.1) is 5.82 Å². The molecule has 2 aliphatic rings. The van der Waals surface area contributed by atoms with E-state index in [0.717, 1.165) is 35.1 Å². The van der Waals surface area contributed by atoms with Crippen LogP contribution in [0.25, 0.3) is 0 Å². The van der Waals surface area contributed by atoms with Gasteiger partial charge in [-0.15, -0.1) is 0 Å². The third-order valence-electron chi connectivity index (χ3n) is 4.56. The highest BCUT2D eigenvalue weighted by Gasteiger charge is 2.42. The van der Waals surface area contributed by atoms with Gasteiger partial charge in [-0.25, -0.2) is 9.18 Å². The van der Waals surface area contributed by atoms with E-state index < -0.39 is 0 Å². The molecule has 0 unspecified atom stereocenters. The summed E-state index contributed by atoms with van der Waals surface area (Å²) in [6.07, 6.45) is 3.22. The Morgan fingerprint density at radius 2 is 2.20 bits per heavy atom. The van der Waals surface area contributed by atoms with Crippen molar-refractivity contribution in [3.63, 3.8) is 0 Å². The number of thioether (sulfide) groups is 1. The highest BCUT2D eigenvalue weighted by molar-refractivity contribution is 9.10. The van der Waals surface area contributed by atoms with Crippen LogP contribution in [-0.4, -0.2) is 35.0 Å². The van der Waals surface area contributed by atoms with Gasteiger partial charge in [-0.3, -0.25) is 4.79 Å². The molecule has 0 radical (unpaired) electrons. The first kappa shape index (κ1) is 18.5. The minimum absolute atomic E-state index is 0.0241. The summed E-state index contributed by atoms with van der Waals surface area (Å²) in [5.74, 6) is 0.620. The van der Waals surface area contributed by atoms with E-state index in [0.29, 0.717) is 18.2 Å². The Morgan fingerprint density at radius 3 is 3.04 bits per heavy atom. The molecule has 0 aliphatic carbocycles. The molecule has 136 valence electrons. The average molecular weight is 430 g/mol. The highest BCUT2D eigenvalue weighted by atomic mass is 79.9. The van der Waals surface area contributed by atoms with Crippen molar-refractivity contribution in [1.29, 1.82) is 0 Å². The number of halogens is 2. The lowest BCUT2D eigenvalue weighted by atomic mass is 10.0. The molecule has 3 rings (SSSR count). The van der Waals surface area contributed by atoms with E-state index in [-0.39, 0.29) is 29.8 Å². The molecule has 0 spiro atoms. The molecule has 2 heterocycles. The van der Waals surface area contributed by atoms with Crippen LogP contribution >= 0.6 is 27.7 Å². The summed E-state index contributed by atoms with van der Waals surface area (Å²) in [6, 6.07) is 4.83. The molecule has 2 aliphatic heterocycles. The van der Waals surface area contributed by atoms with Gasteiger partial charge in [0.2, 0.25) is 5.91 Å². The zero-order valence-electron chi connectivity index (χ0n) is 13.7. The lowest BCUT2D eigenvalue weighted by Gasteiger charge is -2.16. The number of fused-ring (bicyclic) bond motifs is 1. The quantitative estimate of drug-likeness (QED) is 0.460. The fraction of sp³-hybridized carbons (Fsp3) is 0.529. The zero-order valence-corrected chi connectivity index (χ0v) is 16.1. The van der Waals surface area contributed by atoms with Crippen molar-refractivity contribution >= 4 is 39.6 Å². The summed E-state index contributed by atoms with van der Waals surface area (Å²) in [6.45, 7) is 0.317. The molecule has 5 nitrogen and oxygen atoms in total. The van der Waals surface area contributed by atoms with Crippen LogP contribution in [0.5, 0.6) is 0 Å². The number of nitrogens with one attached hydrogen (secondary N) is 3. The van der Waals surface area contributed by atoms with Crippen molar-refractivity contribution in [2.75, 3.05) is 5.75 Å². The number of hydrogen-bond donors (Lipinski definition) is 3. The Hall–Kier alpha value is -1.28. The fourth-order valence-corrected chi connectivity index (χ4v) is 5.17. The molecule has 3 amide bonds. The van der Waals surface area contributed by atoms with Crippen LogP contribution in [0.3, 0.4) is 0 Å². The van der Waals surface area contributed by atoms with E-state index in [1.165, 1.54) is 12.1 Å². The Labute approximate surface area is 159 Å². The Balaban J connectivity index is 1.33. The molecule has 8 heteroatoms. The molecule has 3 N–H and O–H groups in total. The third kappa shape index (κ3) is 4.88. The third-order valence-corrected chi connectivity index (χ3v) is 6.85.